The molecule has 0 N–H and O–H groups in total. The fraction of sp³-hybridized carbons (Fsp3) is 0.0571. The predicted molar refractivity (Wildman–Crippen MR) is 172 cm³/mol. The van der Waals surface area contributed by atoms with Crippen LogP contribution in [-0.2, 0) is 6.61 Å². The first-order valence-corrected chi connectivity index (χ1v) is 14.0. The predicted octanol–water partition coefficient (Wildman–Crippen LogP) is 7.34. The zero-order valence-electron chi connectivity index (χ0n) is 23.9. The van der Waals surface area contributed by atoms with Crippen LogP contribution in [0.4, 0.5) is 5.69 Å². The van der Waals surface area contributed by atoms with Crippen LogP contribution in [0.2, 0.25) is 0 Å². The number of methoxy groups -OCH3 is 1. The summed E-state index contributed by atoms with van der Waals surface area (Å²) in [6.07, 6.45) is 1.34. The van der Waals surface area contributed by atoms with E-state index in [2.05, 4.69) is 10.1 Å². The number of para-hydroxylation sites is 2. The number of fused-ring (bicyclic) bond motifs is 3. The Morgan fingerprint density at radius 2 is 1.64 bits per heavy atom. The molecule has 0 saturated heterocycles. The van der Waals surface area contributed by atoms with Crippen LogP contribution in [-0.4, -0.2) is 27.9 Å². The summed E-state index contributed by atoms with van der Waals surface area (Å²) in [5, 5.41) is 19.9. The number of hydrogen-bond acceptors (Lipinski definition) is 8. The van der Waals surface area contributed by atoms with Crippen LogP contribution in [0.3, 0.4) is 0 Å². The summed E-state index contributed by atoms with van der Waals surface area (Å²) < 4.78 is 18.7. The average Bonchev–Trinajstić information content (AvgIpc) is 3.51. The minimum Gasteiger partial charge on any atom is -0.493 e. The molecule has 10 nitrogen and oxygen atoms in total. The first-order valence-electron chi connectivity index (χ1n) is 14.0. The standard InChI is InChI=1S/C35H24N4O6/c1-43-31-18-22(17-29(39(41)42)33(31)44-21-25-12-8-11-23-9-2-4-13-26(23)25)20-36-38-34(32-19-24-10-3-7-16-30(24)45-32)37-28-15-6-5-14-27(28)35(38)40/h2-20H,21H2,1H3. The summed E-state index contributed by atoms with van der Waals surface area (Å²) in [4.78, 5) is 30.0. The molecule has 0 saturated carbocycles. The Labute approximate surface area is 255 Å². The highest BCUT2D eigenvalue weighted by Gasteiger charge is 2.23. The van der Waals surface area contributed by atoms with Gasteiger partial charge in [-0.15, -0.1) is 0 Å². The van der Waals surface area contributed by atoms with Gasteiger partial charge in [-0.1, -0.05) is 72.8 Å². The van der Waals surface area contributed by atoms with Crippen molar-refractivity contribution in [2.45, 2.75) is 6.61 Å². The van der Waals surface area contributed by atoms with Crippen LogP contribution in [0.1, 0.15) is 11.1 Å². The molecule has 0 amide bonds. The summed E-state index contributed by atoms with van der Waals surface area (Å²) in [5.74, 6) is 0.659. The molecule has 5 aromatic carbocycles. The molecule has 45 heavy (non-hydrogen) atoms. The lowest BCUT2D eigenvalue weighted by Gasteiger charge is -2.13. The summed E-state index contributed by atoms with van der Waals surface area (Å²) in [6.45, 7) is 0.0883. The Bertz CT molecular complexity index is 2300. The molecule has 2 aromatic heterocycles. The zero-order valence-corrected chi connectivity index (χ0v) is 23.9. The van der Waals surface area contributed by atoms with Gasteiger partial charge in [0.15, 0.2) is 11.5 Å². The van der Waals surface area contributed by atoms with Gasteiger partial charge in [0.25, 0.3) is 5.56 Å². The molecular weight excluding hydrogens is 572 g/mol. The van der Waals surface area contributed by atoms with Gasteiger partial charge < -0.3 is 13.9 Å². The van der Waals surface area contributed by atoms with Gasteiger partial charge in [-0.3, -0.25) is 14.9 Å². The van der Waals surface area contributed by atoms with Crippen molar-refractivity contribution in [2.75, 3.05) is 7.11 Å². The molecule has 0 aliphatic heterocycles. The van der Waals surface area contributed by atoms with Crippen LogP contribution in [0.25, 0.3) is 44.2 Å². The van der Waals surface area contributed by atoms with Crippen molar-refractivity contribution in [2.24, 2.45) is 5.10 Å². The number of nitro benzene ring substituents is 1. The van der Waals surface area contributed by atoms with Crippen LogP contribution >= 0.6 is 0 Å². The van der Waals surface area contributed by atoms with Gasteiger partial charge in [0.1, 0.15) is 12.2 Å². The van der Waals surface area contributed by atoms with E-state index < -0.39 is 10.5 Å². The molecule has 0 aliphatic carbocycles. The molecule has 220 valence electrons. The van der Waals surface area contributed by atoms with E-state index in [0.717, 1.165) is 26.4 Å². The largest absolute Gasteiger partial charge is 0.493 e. The van der Waals surface area contributed by atoms with Crippen molar-refractivity contribution in [1.82, 2.24) is 9.66 Å². The Morgan fingerprint density at radius 3 is 2.44 bits per heavy atom. The lowest BCUT2D eigenvalue weighted by molar-refractivity contribution is -0.386. The molecule has 2 heterocycles. The van der Waals surface area contributed by atoms with Crippen LogP contribution in [0.15, 0.2) is 124 Å². The van der Waals surface area contributed by atoms with E-state index in [-0.39, 0.29) is 29.6 Å². The monoisotopic (exact) mass is 596 g/mol. The number of ether oxygens (including phenoxy) is 2. The maximum Gasteiger partial charge on any atom is 0.315 e. The van der Waals surface area contributed by atoms with Crippen molar-refractivity contribution in [1.29, 1.82) is 0 Å². The summed E-state index contributed by atoms with van der Waals surface area (Å²) in [7, 11) is 1.40. The molecule has 7 aromatic rings. The molecule has 0 spiro atoms. The molecule has 10 heteroatoms. The van der Waals surface area contributed by atoms with E-state index in [9.17, 15) is 14.9 Å². The van der Waals surface area contributed by atoms with Gasteiger partial charge in [-0.2, -0.15) is 9.78 Å². The molecule has 0 unspecified atom stereocenters. The first kappa shape index (κ1) is 27.5. The van der Waals surface area contributed by atoms with E-state index >= 15 is 0 Å². The molecule has 0 fully saturated rings. The Kier molecular flexibility index (Phi) is 6.99. The lowest BCUT2D eigenvalue weighted by Crippen LogP contribution is -2.20. The summed E-state index contributed by atoms with van der Waals surface area (Å²) >= 11 is 0. The highest BCUT2D eigenvalue weighted by molar-refractivity contribution is 5.87. The molecule has 7 rings (SSSR count). The van der Waals surface area contributed by atoms with E-state index in [1.54, 1.807) is 36.4 Å². The average molecular weight is 597 g/mol. The number of rotatable bonds is 8. The van der Waals surface area contributed by atoms with Crippen molar-refractivity contribution in [3.05, 3.63) is 141 Å². The highest BCUT2D eigenvalue weighted by atomic mass is 16.6. The van der Waals surface area contributed by atoms with Crippen molar-refractivity contribution in [3.63, 3.8) is 0 Å². The maximum atomic E-state index is 13.6. The van der Waals surface area contributed by atoms with Gasteiger partial charge in [0.2, 0.25) is 11.6 Å². The molecular formula is C35H24N4O6. The minimum absolute atomic E-state index is 0.0138. The Morgan fingerprint density at radius 1 is 0.911 bits per heavy atom. The molecule has 0 bridgehead atoms. The number of hydrogen-bond donors (Lipinski definition) is 0. The van der Waals surface area contributed by atoms with Crippen LogP contribution < -0.4 is 15.0 Å². The first-order chi connectivity index (χ1) is 22.0. The number of nitro groups is 1. The normalized spacial score (nSPS) is 11.5. The smallest absolute Gasteiger partial charge is 0.315 e. The molecule has 0 aliphatic rings. The molecule has 0 radical (unpaired) electrons. The van der Waals surface area contributed by atoms with Gasteiger partial charge in [0.05, 0.1) is 29.2 Å². The Balaban J connectivity index is 1.29. The summed E-state index contributed by atoms with van der Waals surface area (Å²) in [5.41, 5.74) is 1.56. The number of aromatic nitrogens is 2. The van der Waals surface area contributed by atoms with E-state index in [4.69, 9.17) is 13.9 Å². The summed E-state index contributed by atoms with van der Waals surface area (Å²) in [6, 6.07) is 32.7. The van der Waals surface area contributed by atoms with E-state index in [1.807, 2.05) is 66.7 Å². The van der Waals surface area contributed by atoms with E-state index in [1.165, 1.54) is 19.4 Å². The van der Waals surface area contributed by atoms with Crippen molar-refractivity contribution >= 4 is 44.5 Å². The second-order valence-corrected chi connectivity index (χ2v) is 10.2. The quantitative estimate of drug-likeness (QED) is 0.102. The SMILES string of the molecule is COc1cc(C=Nn2c(-c3cc4ccccc4o3)nc3ccccc3c2=O)cc([N+](=O)[O-])c1OCc1cccc2ccccc12. The second kappa shape index (κ2) is 11.4. The minimum atomic E-state index is -0.540. The maximum absolute atomic E-state index is 13.6. The van der Waals surface area contributed by atoms with Crippen molar-refractivity contribution in [3.8, 4) is 23.1 Å². The number of furan rings is 1. The van der Waals surface area contributed by atoms with Gasteiger partial charge in [-0.05, 0) is 46.7 Å². The molecule has 0 atom stereocenters. The van der Waals surface area contributed by atoms with Gasteiger partial charge >= 0.3 is 5.69 Å². The third-order valence-corrected chi connectivity index (χ3v) is 7.45. The number of benzene rings is 5. The third kappa shape index (κ3) is 5.14. The number of nitrogens with zero attached hydrogens (tertiary/aromatic N) is 4. The van der Waals surface area contributed by atoms with E-state index in [0.29, 0.717) is 27.8 Å². The fourth-order valence-corrected chi connectivity index (χ4v) is 5.29. The lowest BCUT2D eigenvalue weighted by atomic mass is 10.1. The topological polar surface area (TPSA) is 122 Å². The second-order valence-electron chi connectivity index (χ2n) is 10.2. The Hall–Kier alpha value is -6.29. The van der Waals surface area contributed by atoms with Crippen molar-refractivity contribution < 1.29 is 18.8 Å². The third-order valence-electron chi connectivity index (χ3n) is 7.45. The van der Waals surface area contributed by atoms with Gasteiger partial charge in [0, 0.05) is 17.0 Å². The zero-order chi connectivity index (χ0) is 30.9. The fourth-order valence-electron chi connectivity index (χ4n) is 5.29. The van der Waals surface area contributed by atoms with Crippen LogP contribution in [0, 0.1) is 10.1 Å². The highest BCUT2D eigenvalue weighted by Crippen LogP contribution is 2.39. The van der Waals surface area contributed by atoms with Gasteiger partial charge in [-0.25, -0.2) is 4.98 Å². The van der Waals surface area contributed by atoms with Crippen LogP contribution in [0.5, 0.6) is 11.5 Å².